The maximum Gasteiger partial charge on any atom is -0.0154 e. The van der Waals surface area contributed by atoms with Gasteiger partial charge in [0, 0.05) is 0 Å². The molecule has 0 amide bonds. The van der Waals surface area contributed by atoms with Crippen molar-refractivity contribution in [1.82, 2.24) is 0 Å². The van der Waals surface area contributed by atoms with Crippen LogP contribution in [0.1, 0.15) is 5.56 Å². The molecule has 13 heavy (non-hydrogen) atoms. The van der Waals surface area contributed by atoms with Crippen molar-refractivity contribution in [2.45, 2.75) is 6.92 Å². The quantitative estimate of drug-likeness (QED) is 0.481. The zero-order valence-corrected chi connectivity index (χ0v) is 7.62. The predicted molar refractivity (Wildman–Crippen MR) is 55.5 cm³/mol. The summed E-state index contributed by atoms with van der Waals surface area (Å²) in [6, 6.07) is 19.0. The predicted octanol–water partition coefficient (Wildman–Crippen LogP) is 3.46. The van der Waals surface area contributed by atoms with Gasteiger partial charge in [0.1, 0.15) is 0 Å². The molecular weight excluding hydrogens is 156 g/mol. The van der Waals surface area contributed by atoms with Gasteiger partial charge in [-0.25, -0.2) is 0 Å². The molecule has 0 nitrogen and oxygen atoms in total. The Morgan fingerprint density at radius 3 is 1.85 bits per heavy atom. The largest absolute Gasteiger partial charge is 0.0622 e. The monoisotopic (exact) mass is 167 g/mol. The van der Waals surface area contributed by atoms with E-state index in [4.69, 9.17) is 0 Å². The SMILES string of the molecule is Cc1cc2ccc1-2.[c]1ccccc1. The second-order valence-electron chi connectivity index (χ2n) is 3.11. The minimum absolute atomic E-state index is 1.44. The third kappa shape index (κ3) is 1.62. The molecule has 0 fully saturated rings. The number of aryl methyl sites for hydroxylation is 1. The number of hydrogen-bond acceptors (Lipinski definition) is 0. The van der Waals surface area contributed by atoms with Crippen LogP contribution in [0, 0.1) is 13.0 Å². The molecule has 0 aromatic heterocycles. The first-order chi connectivity index (χ1) is 6.38. The number of hydrogen-bond donors (Lipinski definition) is 0. The lowest BCUT2D eigenvalue weighted by Crippen LogP contribution is -1.93. The smallest absolute Gasteiger partial charge is 0.0154 e. The van der Waals surface area contributed by atoms with E-state index in [1.54, 1.807) is 0 Å². The molecule has 1 radical (unpaired) electrons. The van der Waals surface area contributed by atoms with E-state index >= 15 is 0 Å². The first kappa shape index (κ1) is 8.06. The highest BCUT2D eigenvalue weighted by Gasteiger charge is 2.10. The van der Waals surface area contributed by atoms with E-state index in [2.05, 4.69) is 31.2 Å². The minimum Gasteiger partial charge on any atom is -0.0622 e. The van der Waals surface area contributed by atoms with Gasteiger partial charge in [-0.1, -0.05) is 48.5 Å². The number of rotatable bonds is 0. The summed E-state index contributed by atoms with van der Waals surface area (Å²) < 4.78 is 0. The van der Waals surface area contributed by atoms with E-state index in [-0.39, 0.29) is 0 Å². The van der Waals surface area contributed by atoms with Crippen LogP contribution < -0.4 is 0 Å². The Bertz CT molecular complexity index is 361. The van der Waals surface area contributed by atoms with Crippen LogP contribution in [0.2, 0.25) is 0 Å². The summed E-state index contributed by atoms with van der Waals surface area (Å²) in [5.41, 5.74) is 4.36. The van der Waals surface area contributed by atoms with Gasteiger partial charge < -0.3 is 0 Å². The lowest BCUT2D eigenvalue weighted by atomic mass is 9.88. The molecule has 2 aliphatic rings. The summed E-state index contributed by atoms with van der Waals surface area (Å²) in [4.78, 5) is 0. The van der Waals surface area contributed by atoms with Crippen LogP contribution in [-0.4, -0.2) is 0 Å². The fourth-order valence-corrected chi connectivity index (χ4v) is 1.32. The second-order valence-corrected chi connectivity index (χ2v) is 3.11. The lowest BCUT2D eigenvalue weighted by Gasteiger charge is -2.17. The van der Waals surface area contributed by atoms with Crippen LogP contribution >= 0.6 is 0 Å². The standard InChI is InChI=1S/C7H6.C6H5/c1-5-4-6-2-3-7(5)6;1-2-4-6-5-3-1/h2-4H,1H3;1-5H. The van der Waals surface area contributed by atoms with Crippen LogP contribution in [0.5, 0.6) is 0 Å². The van der Waals surface area contributed by atoms with E-state index in [0.717, 1.165) is 0 Å². The molecule has 0 bridgehead atoms. The lowest BCUT2D eigenvalue weighted by molar-refractivity contribution is 1.38. The van der Waals surface area contributed by atoms with Crippen molar-refractivity contribution >= 4 is 0 Å². The van der Waals surface area contributed by atoms with Gasteiger partial charge in [-0.3, -0.25) is 0 Å². The van der Waals surface area contributed by atoms with Crippen LogP contribution in [0.3, 0.4) is 0 Å². The fourth-order valence-electron chi connectivity index (χ4n) is 1.32. The summed E-state index contributed by atoms with van der Waals surface area (Å²) in [5.74, 6) is 0. The van der Waals surface area contributed by atoms with E-state index in [1.807, 2.05) is 30.3 Å². The van der Waals surface area contributed by atoms with Gasteiger partial charge >= 0.3 is 0 Å². The first-order valence-corrected chi connectivity index (χ1v) is 4.40. The van der Waals surface area contributed by atoms with Gasteiger partial charge in [0.2, 0.25) is 0 Å². The first-order valence-electron chi connectivity index (χ1n) is 4.40. The summed E-state index contributed by atoms with van der Waals surface area (Å²) in [6.45, 7) is 2.14. The van der Waals surface area contributed by atoms with Gasteiger partial charge in [0.05, 0.1) is 0 Å². The molecule has 0 unspecified atom stereocenters. The fraction of sp³-hybridized carbons (Fsp3) is 0.0769. The summed E-state index contributed by atoms with van der Waals surface area (Å²) in [5, 5.41) is 0. The van der Waals surface area contributed by atoms with Crippen LogP contribution in [0.4, 0.5) is 0 Å². The highest BCUT2D eigenvalue weighted by molar-refractivity contribution is 5.80. The average molecular weight is 167 g/mol. The molecule has 3 rings (SSSR count). The van der Waals surface area contributed by atoms with Crippen molar-refractivity contribution in [1.29, 1.82) is 0 Å². The maximum atomic E-state index is 2.89. The molecular formula is C13H11. The van der Waals surface area contributed by atoms with E-state index in [1.165, 1.54) is 16.7 Å². The molecule has 0 spiro atoms. The summed E-state index contributed by atoms with van der Waals surface area (Å²) in [7, 11) is 0. The highest BCUT2D eigenvalue weighted by atomic mass is 14.1. The molecule has 0 heteroatoms. The Morgan fingerprint density at radius 1 is 1.00 bits per heavy atom. The zero-order valence-electron chi connectivity index (χ0n) is 7.62. The molecule has 2 aliphatic carbocycles. The van der Waals surface area contributed by atoms with Crippen LogP contribution in [-0.2, 0) is 0 Å². The molecule has 0 N–H and O–H groups in total. The van der Waals surface area contributed by atoms with Crippen LogP contribution in [0.15, 0.2) is 48.5 Å². The second kappa shape index (κ2) is 3.44. The molecule has 0 heterocycles. The van der Waals surface area contributed by atoms with Crippen molar-refractivity contribution < 1.29 is 0 Å². The number of benzene rings is 2. The highest BCUT2D eigenvalue weighted by Crippen LogP contribution is 2.35. The Balaban J connectivity index is 0.000000102. The van der Waals surface area contributed by atoms with E-state index < -0.39 is 0 Å². The van der Waals surface area contributed by atoms with Crippen LogP contribution in [0.25, 0.3) is 11.1 Å². The maximum absolute atomic E-state index is 2.89. The molecule has 0 saturated carbocycles. The number of fused-ring (bicyclic) bond motifs is 1. The summed E-state index contributed by atoms with van der Waals surface area (Å²) in [6.07, 6.45) is 0. The van der Waals surface area contributed by atoms with Gasteiger partial charge in [0.15, 0.2) is 0 Å². The normalized spacial score (nSPS) is 9.92. The molecule has 63 valence electrons. The topological polar surface area (TPSA) is 0 Å². The van der Waals surface area contributed by atoms with Crippen molar-refractivity contribution in [3.05, 3.63) is 60.2 Å². The molecule has 0 saturated heterocycles. The van der Waals surface area contributed by atoms with Crippen molar-refractivity contribution in [2.75, 3.05) is 0 Å². The molecule has 0 atom stereocenters. The summed E-state index contributed by atoms with van der Waals surface area (Å²) >= 11 is 0. The minimum atomic E-state index is 1.44. The van der Waals surface area contributed by atoms with Gasteiger partial charge in [-0.2, -0.15) is 0 Å². The Labute approximate surface area is 78.9 Å². The third-order valence-corrected chi connectivity index (χ3v) is 2.14. The van der Waals surface area contributed by atoms with Gasteiger partial charge in [-0.15, -0.1) is 0 Å². The van der Waals surface area contributed by atoms with E-state index in [0.29, 0.717) is 0 Å². The van der Waals surface area contributed by atoms with Crippen molar-refractivity contribution in [3.63, 3.8) is 0 Å². The zero-order chi connectivity index (χ0) is 9.10. The van der Waals surface area contributed by atoms with E-state index in [9.17, 15) is 0 Å². The Kier molecular flexibility index (Phi) is 2.13. The Morgan fingerprint density at radius 2 is 1.77 bits per heavy atom. The third-order valence-electron chi connectivity index (χ3n) is 2.14. The Hall–Kier alpha value is -1.56. The average Bonchev–Trinajstić information content (AvgIpc) is 2.17. The van der Waals surface area contributed by atoms with Crippen molar-refractivity contribution in [2.24, 2.45) is 0 Å². The van der Waals surface area contributed by atoms with Crippen molar-refractivity contribution in [3.8, 4) is 11.1 Å². The van der Waals surface area contributed by atoms with Gasteiger partial charge in [0.25, 0.3) is 0 Å². The molecule has 1 aromatic rings. The molecule has 1 aromatic carbocycles. The van der Waals surface area contributed by atoms with Gasteiger partial charge in [-0.05, 0) is 29.7 Å². The molecule has 0 aliphatic heterocycles.